The van der Waals surface area contributed by atoms with Crippen LogP contribution in [0.15, 0.2) is 18.2 Å². The molecule has 0 amide bonds. The third kappa shape index (κ3) is 4.07. The maximum Gasteiger partial charge on any atom is 0.358 e. The van der Waals surface area contributed by atoms with Gasteiger partial charge in [-0.2, -0.15) is 10.5 Å². The van der Waals surface area contributed by atoms with Gasteiger partial charge in [-0.15, -0.1) is 0 Å². The van der Waals surface area contributed by atoms with Crippen LogP contribution in [0.3, 0.4) is 0 Å². The molecule has 0 unspecified atom stereocenters. The van der Waals surface area contributed by atoms with E-state index in [-0.39, 0.29) is 11.4 Å². The predicted molar refractivity (Wildman–Crippen MR) is 65.2 cm³/mol. The highest BCUT2D eigenvalue weighted by Crippen LogP contribution is 2.06. The average Bonchev–Trinajstić information content (AvgIpc) is 2.46. The van der Waals surface area contributed by atoms with Crippen molar-refractivity contribution in [3.63, 3.8) is 0 Å². The molecule has 0 fully saturated rings. The Morgan fingerprint density at radius 1 is 1.05 bits per heavy atom. The Kier molecular flexibility index (Phi) is 5.19. The SMILES string of the molecule is C[C@H](C#N)OC(=O)c1cccc(C(=O)O[C@@H](C)C#N)n1. The van der Waals surface area contributed by atoms with E-state index in [1.165, 1.54) is 32.0 Å². The van der Waals surface area contributed by atoms with Crippen molar-refractivity contribution >= 4 is 11.9 Å². The average molecular weight is 273 g/mol. The van der Waals surface area contributed by atoms with Crippen LogP contribution in [0.25, 0.3) is 0 Å². The van der Waals surface area contributed by atoms with Crippen LogP contribution in [0.1, 0.15) is 34.8 Å². The number of hydrogen-bond donors (Lipinski definition) is 0. The highest BCUT2D eigenvalue weighted by atomic mass is 16.5. The molecule has 7 heteroatoms. The summed E-state index contributed by atoms with van der Waals surface area (Å²) in [5.41, 5.74) is -0.239. The molecule has 102 valence electrons. The number of nitriles is 2. The Morgan fingerprint density at radius 3 is 1.80 bits per heavy atom. The van der Waals surface area contributed by atoms with E-state index < -0.39 is 24.1 Å². The molecule has 0 N–H and O–H groups in total. The molecule has 0 saturated heterocycles. The number of carbonyl (C=O) groups is 2. The second kappa shape index (κ2) is 6.86. The van der Waals surface area contributed by atoms with E-state index in [4.69, 9.17) is 20.0 Å². The van der Waals surface area contributed by atoms with Gasteiger partial charge in [0.05, 0.1) is 0 Å². The lowest BCUT2D eigenvalue weighted by Gasteiger charge is -2.07. The van der Waals surface area contributed by atoms with Gasteiger partial charge in [-0.1, -0.05) is 6.07 Å². The van der Waals surface area contributed by atoms with Crippen molar-refractivity contribution in [2.24, 2.45) is 0 Å². The smallest absolute Gasteiger partial charge is 0.358 e. The van der Waals surface area contributed by atoms with Gasteiger partial charge in [0.15, 0.2) is 12.2 Å². The number of rotatable bonds is 4. The molecular formula is C13H11N3O4. The fourth-order valence-corrected chi connectivity index (χ4v) is 1.16. The molecule has 0 aliphatic heterocycles. The second-order valence-corrected chi connectivity index (χ2v) is 3.76. The van der Waals surface area contributed by atoms with Crippen LogP contribution >= 0.6 is 0 Å². The summed E-state index contributed by atoms with van der Waals surface area (Å²) < 4.78 is 9.51. The summed E-state index contributed by atoms with van der Waals surface area (Å²) in [4.78, 5) is 27.0. The lowest BCUT2D eigenvalue weighted by atomic mass is 10.3. The lowest BCUT2D eigenvalue weighted by molar-refractivity contribution is 0.0420. The zero-order chi connectivity index (χ0) is 15.1. The molecule has 0 aromatic carbocycles. The minimum absolute atomic E-state index is 0.119. The molecule has 0 aliphatic carbocycles. The van der Waals surface area contributed by atoms with Crippen LogP contribution in [0.4, 0.5) is 0 Å². The molecule has 0 radical (unpaired) electrons. The van der Waals surface area contributed by atoms with Crippen molar-refractivity contribution in [2.75, 3.05) is 0 Å². The van der Waals surface area contributed by atoms with Crippen molar-refractivity contribution in [1.82, 2.24) is 4.98 Å². The topological polar surface area (TPSA) is 113 Å². The first kappa shape index (κ1) is 15.1. The summed E-state index contributed by atoms with van der Waals surface area (Å²) in [5, 5.41) is 17.1. The fraction of sp³-hybridized carbons (Fsp3) is 0.308. The first-order valence-corrected chi connectivity index (χ1v) is 5.66. The van der Waals surface area contributed by atoms with E-state index in [0.717, 1.165) is 0 Å². The van der Waals surface area contributed by atoms with Gasteiger partial charge in [0, 0.05) is 0 Å². The molecule has 1 rings (SSSR count). The number of esters is 2. The Labute approximate surface area is 115 Å². The van der Waals surface area contributed by atoms with Crippen molar-refractivity contribution in [2.45, 2.75) is 26.1 Å². The van der Waals surface area contributed by atoms with Gasteiger partial charge in [-0.25, -0.2) is 14.6 Å². The van der Waals surface area contributed by atoms with E-state index in [1.54, 1.807) is 12.1 Å². The highest BCUT2D eigenvalue weighted by Gasteiger charge is 2.17. The zero-order valence-corrected chi connectivity index (χ0v) is 10.9. The monoisotopic (exact) mass is 273 g/mol. The van der Waals surface area contributed by atoms with E-state index in [1.807, 2.05) is 0 Å². The minimum atomic E-state index is -0.918. The van der Waals surface area contributed by atoms with E-state index in [9.17, 15) is 9.59 Å². The van der Waals surface area contributed by atoms with Gasteiger partial charge in [0.2, 0.25) is 0 Å². The molecular weight excluding hydrogens is 262 g/mol. The van der Waals surface area contributed by atoms with Crippen LogP contribution in [-0.2, 0) is 9.47 Å². The van der Waals surface area contributed by atoms with Gasteiger partial charge in [0.25, 0.3) is 0 Å². The summed E-state index contributed by atoms with van der Waals surface area (Å²) in [7, 11) is 0. The first-order valence-electron chi connectivity index (χ1n) is 5.66. The third-order valence-electron chi connectivity index (χ3n) is 2.10. The van der Waals surface area contributed by atoms with Gasteiger partial charge in [0.1, 0.15) is 23.5 Å². The molecule has 7 nitrogen and oxygen atoms in total. The normalized spacial score (nSPS) is 12.4. The molecule has 0 aliphatic rings. The Balaban J connectivity index is 2.86. The summed E-state index contributed by atoms with van der Waals surface area (Å²) in [6.45, 7) is 2.81. The molecule has 0 spiro atoms. The van der Waals surface area contributed by atoms with Gasteiger partial charge < -0.3 is 9.47 Å². The molecule has 1 aromatic heterocycles. The van der Waals surface area contributed by atoms with E-state index >= 15 is 0 Å². The van der Waals surface area contributed by atoms with Crippen molar-refractivity contribution in [1.29, 1.82) is 10.5 Å². The van der Waals surface area contributed by atoms with Crippen LogP contribution in [0.5, 0.6) is 0 Å². The van der Waals surface area contributed by atoms with Crippen LogP contribution in [0.2, 0.25) is 0 Å². The molecule has 1 heterocycles. The Hall–Kier alpha value is -2.93. The van der Waals surface area contributed by atoms with Crippen LogP contribution in [0, 0.1) is 22.7 Å². The largest absolute Gasteiger partial charge is 0.443 e. The Bertz CT molecular complexity index is 551. The number of nitrogens with zero attached hydrogens (tertiary/aromatic N) is 3. The van der Waals surface area contributed by atoms with Crippen LogP contribution in [-0.4, -0.2) is 29.1 Å². The summed E-state index contributed by atoms with van der Waals surface area (Å²) >= 11 is 0. The minimum Gasteiger partial charge on any atom is -0.443 e. The molecule has 0 bridgehead atoms. The van der Waals surface area contributed by atoms with Gasteiger partial charge >= 0.3 is 11.9 Å². The van der Waals surface area contributed by atoms with E-state index in [0.29, 0.717) is 0 Å². The summed E-state index contributed by atoms with van der Waals surface area (Å²) in [5.74, 6) is -1.64. The maximum atomic E-state index is 11.6. The molecule has 20 heavy (non-hydrogen) atoms. The number of ether oxygens (including phenoxy) is 2. The first-order chi connectivity index (χ1) is 9.47. The molecule has 2 atom stereocenters. The number of hydrogen-bond acceptors (Lipinski definition) is 7. The second-order valence-electron chi connectivity index (χ2n) is 3.76. The Morgan fingerprint density at radius 2 is 1.45 bits per heavy atom. The predicted octanol–water partition coefficient (Wildman–Crippen LogP) is 1.22. The number of pyridine rings is 1. The fourth-order valence-electron chi connectivity index (χ4n) is 1.16. The van der Waals surface area contributed by atoms with Crippen LogP contribution < -0.4 is 0 Å². The number of aromatic nitrogens is 1. The van der Waals surface area contributed by atoms with Crippen molar-refractivity contribution < 1.29 is 19.1 Å². The molecule has 1 aromatic rings. The number of carbonyl (C=O) groups excluding carboxylic acids is 2. The maximum absolute atomic E-state index is 11.6. The van der Waals surface area contributed by atoms with E-state index in [2.05, 4.69) is 4.98 Å². The van der Waals surface area contributed by atoms with Gasteiger partial charge in [-0.3, -0.25) is 0 Å². The highest BCUT2D eigenvalue weighted by molar-refractivity contribution is 5.91. The third-order valence-corrected chi connectivity index (χ3v) is 2.10. The quantitative estimate of drug-likeness (QED) is 0.757. The van der Waals surface area contributed by atoms with Crippen molar-refractivity contribution in [3.05, 3.63) is 29.6 Å². The summed E-state index contributed by atoms with van der Waals surface area (Å²) in [6.07, 6.45) is -1.84. The summed E-state index contributed by atoms with van der Waals surface area (Å²) in [6, 6.07) is 7.59. The molecule has 0 saturated carbocycles. The standard InChI is InChI=1S/C13H11N3O4/c1-8(6-14)19-12(17)10-4-3-5-11(16-10)13(18)20-9(2)7-15/h3-5,8-9H,1-2H3/t8-,9+. The lowest BCUT2D eigenvalue weighted by Crippen LogP contribution is -2.18. The van der Waals surface area contributed by atoms with Gasteiger partial charge in [-0.05, 0) is 26.0 Å². The zero-order valence-electron chi connectivity index (χ0n) is 10.9. The van der Waals surface area contributed by atoms with Crippen molar-refractivity contribution in [3.8, 4) is 12.1 Å².